The summed E-state index contributed by atoms with van der Waals surface area (Å²) >= 11 is 0. The molecule has 6 heteroatoms. The summed E-state index contributed by atoms with van der Waals surface area (Å²) in [4.78, 5) is 10.8. The van der Waals surface area contributed by atoms with Gasteiger partial charge in [0.1, 0.15) is 11.6 Å². The molecule has 3 aromatic rings. The minimum atomic E-state index is -0.924. The SMILES string of the molecule is COc1cc(C)c(-c2cccc3c2CCC3Nc2ccc(CCC(=O)O)c(F)c2)c(C)c1.Cl. The van der Waals surface area contributed by atoms with Crippen molar-refractivity contribution in [3.63, 3.8) is 0 Å². The molecule has 0 spiro atoms. The van der Waals surface area contributed by atoms with Gasteiger partial charge < -0.3 is 15.2 Å². The Morgan fingerprint density at radius 2 is 1.88 bits per heavy atom. The Hall–Kier alpha value is -3.05. The lowest BCUT2D eigenvalue weighted by atomic mass is 9.90. The second-order valence-corrected chi connectivity index (χ2v) is 8.45. The number of aliphatic carboxylic acids is 1. The molecule has 0 heterocycles. The van der Waals surface area contributed by atoms with Crippen LogP contribution in [0, 0.1) is 19.7 Å². The standard InChI is InChI=1S/C27H28FNO3.ClH/c1-16-13-20(32-3)14-17(2)27(16)23-6-4-5-22-21(23)10-11-25(22)29-19-9-7-18(24(28)15-19)8-12-26(30)31;/h4-7,9,13-15,25,29H,8,10-12H2,1-3H3,(H,30,31);1H. The Morgan fingerprint density at radius 1 is 1.15 bits per heavy atom. The fourth-order valence-corrected chi connectivity index (χ4v) is 4.79. The second kappa shape index (κ2) is 10.3. The fraction of sp³-hybridized carbons (Fsp3) is 0.296. The van der Waals surface area contributed by atoms with Crippen LogP contribution in [0.2, 0.25) is 0 Å². The van der Waals surface area contributed by atoms with Crippen molar-refractivity contribution in [2.75, 3.05) is 12.4 Å². The van der Waals surface area contributed by atoms with E-state index >= 15 is 0 Å². The third kappa shape index (κ3) is 5.14. The zero-order valence-corrected chi connectivity index (χ0v) is 19.9. The lowest BCUT2D eigenvalue weighted by Crippen LogP contribution is -2.08. The van der Waals surface area contributed by atoms with Gasteiger partial charge in [-0.1, -0.05) is 24.3 Å². The summed E-state index contributed by atoms with van der Waals surface area (Å²) < 4.78 is 19.9. The number of fused-ring (bicyclic) bond motifs is 1. The normalized spacial score (nSPS) is 14.4. The van der Waals surface area contributed by atoms with Crippen molar-refractivity contribution in [2.45, 2.75) is 45.6 Å². The Kier molecular flexibility index (Phi) is 7.65. The lowest BCUT2D eigenvalue weighted by Gasteiger charge is -2.18. The van der Waals surface area contributed by atoms with E-state index in [0.717, 1.165) is 18.6 Å². The Bertz CT molecular complexity index is 1160. The van der Waals surface area contributed by atoms with Gasteiger partial charge >= 0.3 is 5.97 Å². The second-order valence-electron chi connectivity index (χ2n) is 8.45. The first kappa shape index (κ1) is 24.6. The van der Waals surface area contributed by atoms with E-state index < -0.39 is 5.97 Å². The summed E-state index contributed by atoms with van der Waals surface area (Å²) in [5, 5.41) is 12.3. The number of ether oxygens (including phenoxy) is 1. The summed E-state index contributed by atoms with van der Waals surface area (Å²) in [5.74, 6) is -0.426. The maximum atomic E-state index is 14.5. The van der Waals surface area contributed by atoms with Crippen molar-refractivity contribution in [3.05, 3.63) is 82.2 Å². The molecule has 0 amide bonds. The van der Waals surface area contributed by atoms with E-state index in [1.54, 1.807) is 13.2 Å². The van der Waals surface area contributed by atoms with Gasteiger partial charge in [-0.15, -0.1) is 12.4 Å². The van der Waals surface area contributed by atoms with Crippen LogP contribution >= 0.6 is 12.4 Å². The molecule has 1 atom stereocenters. The van der Waals surface area contributed by atoms with Crippen LogP contribution in [0.25, 0.3) is 11.1 Å². The molecule has 0 bridgehead atoms. The van der Waals surface area contributed by atoms with Gasteiger partial charge in [0.25, 0.3) is 0 Å². The Morgan fingerprint density at radius 3 is 2.52 bits per heavy atom. The minimum Gasteiger partial charge on any atom is -0.497 e. The number of carboxylic acids is 1. The molecule has 0 aliphatic heterocycles. The molecule has 3 aromatic carbocycles. The molecule has 0 saturated heterocycles. The first-order valence-electron chi connectivity index (χ1n) is 10.9. The number of hydrogen-bond donors (Lipinski definition) is 2. The van der Waals surface area contributed by atoms with Crippen molar-refractivity contribution in [2.24, 2.45) is 0 Å². The molecule has 4 nitrogen and oxygen atoms in total. The number of nitrogens with one attached hydrogen (secondary N) is 1. The average molecular weight is 470 g/mol. The minimum absolute atomic E-state index is 0. The Labute approximate surface area is 200 Å². The molecule has 4 rings (SSSR count). The van der Waals surface area contributed by atoms with Crippen LogP contribution in [0.1, 0.15) is 46.7 Å². The quantitative estimate of drug-likeness (QED) is 0.406. The van der Waals surface area contributed by atoms with Crippen molar-refractivity contribution in [1.82, 2.24) is 0 Å². The molecule has 33 heavy (non-hydrogen) atoms. The highest BCUT2D eigenvalue weighted by atomic mass is 35.5. The number of carboxylic acid groups (broad SMARTS) is 1. The van der Waals surface area contributed by atoms with Gasteiger partial charge in [-0.2, -0.15) is 0 Å². The van der Waals surface area contributed by atoms with Crippen molar-refractivity contribution >= 4 is 24.1 Å². The summed E-state index contributed by atoms with van der Waals surface area (Å²) in [6, 6.07) is 15.6. The van der Waals surface area contributed by atoms with E-state index in [4.69, 9.17) is 9.84 Å². The summed E-state index contributed by atoms with van der Waals surface area (Å²) in [7, 11) is 1.69. The third-order valence-electron chi connectivity index (χ3n) is 6.28. The maximum Gasteiger partial charge on any atom is 0.303 e. The zero-order valence-electron chi connectivity index (χ0n) is 19.1. The van der Waals surface area contributed by atoms with Gasteiger partial charge in [0, 0.05) is 12.1 Å². The number of rotatable bonds is 7. The van der Waals surface area contributed by atoms with Crippen LogP contribution in [0.15, 0.2) is 48.5 Å². The maximum absolute atomic E-state index is 14.5. The predicted octanol–water partition coefficient (Wildman–Crippen LogP) is 6.66. The number of carbonyl (C=O) groups is 1. The van der Waals surface area contributed by atoms with E-state index in [0.29, 0.717) is 11.3 Å². The average Bonchev–Trinajstić information content (AvgIpc) is 3.16. The molecular formula is C27H29ClFNO3. The van der Waals surface area contributed by atoms with Crippen molar-refractivity contribution < 1.29 is 19.0 Å². The highest BCUT2D eigenvalue weighted by molar-refractivity contribution is 5.85. The van der Waals surface area contributed by atoms with E-state index in [1.807, 2.05) is 6.07 Å². The van der Waals surface area contributed by atoms with Crippen LogP contribution < -0.4 is 10.1 Å². The van der Waals surface area contributed by atoms with Gasteiger partial charge in [0.15, 0.2) is 0 Å². The highest BCUT2D eigenvalue weighted by Gasteiger charge is 2.26. The molecule has 2 N–H and O–H groups in total. The van der Waals surface area contributed by atoms with Crippen LogP contribution in [0.5, 0.6) is 5.75 Å². The third-order valence-corrected chi connectivity index (χ3v) is 6.28. The molecule has 0 aromatic heterocycles. The van der Waals surface area contributed by atoms with Gasteiger partial charge in [0.2, 0.25) is 0 Å². The van der Waals surface area contributed by atoms with E-state index in [-0.39, 0.29) is 37.1 Å². The number of anilines is 1. The van der Waals surface area contributed by atoms with Gasteiger partial charge in [0.05, 0.1) is 13.2 Å². The monoisotopic (exact) mass is 469 g/mol. The first-order chi connectivity index (χ1) is 15.4. The van der Waals surface area contributed by atoms with Crippen LogP contribution in [0.4, 0.5) is 10.1 Å². The Balaban J connectivity index is 0.00000306. The molecule has 1 aliphatic rings. The van der Waals surface area contributed by atoms with Crippen molar-refractivity contribution in [1.29, 1.82) is 0 Å². The van der Waals surface area contributed by atoms with Crippen LogP contribution in [-0.4, -0.2) is 18.2 Å². The van der Waals surface area contributed by atoms with Gasteiger partial charge in [-0.3, -0.25) is 4.79 Å². The number of aryl methyl sites for hydroxylation is 3. The number of benzene rings is 3. The summed E-state index contributed by atoms with van der Waals surface area (Å²) in [6.45, 7) is 4.23. The topological polar surface area (TPSA) is 58.6 Å². The fourth-order valence-electron chi connectivity index (χ4n) is 4.79. The van der Waals surface area contributed by atoms with Crippen LogP contribution in [0.3, 0.4) is 0 Å². The predicted molar refractivity (Wildman–Crippen MR) is 132 cm³/mol. The smallest absolute Gasteiger partial charge is 0.303 e. The molecule has 0 saturated carbocycles. The molecule has 0 radical (unpaired) electrons. The van der Waals surface area contributed by atoms with E-state index in [9.17, 15) is 9.18 Å². The summed E-state index contributed by atoms with van der Waals surface area (Å²) in [6.07, 6.45) is 2.00. The summed E-state index contributed by atoms with van der Waals surface area (Å²) in [5.41, 5.74) is 8.58. The van der Waals surface area contributed by atoms with Crippen LogP contribution in [-0.2, 0) is 17.6 Å². The van der Waals surface area contributed by atoms with E-state index in [2.05, 4.69) is 49.5 Å². The number of halogens is 2. The molecular weight excluding hydrogens is 441 g/mol. The highest BCUT2D eigenvalue weighted by Crippen LogP contribution is 2.42. The first-order valence-corrected chi connectivity index (χ1v) is 10.9. The lowest BCUT2D eigenvalue weighted by molar-refractivity contribution is -0.136. The zero-order chi connectivity index (χ0) is 22.8. The largest absolute Gasteiger partial charge is 0.497 e. The number of methoxy groups -OCH3 is 1. The molecule has 1 aliphatic carbocycles. The van der Waals surface area contributed by atoms with E-state index in [1.165, 1.54) is 39.4 Å². The molecule has 1 unspecified atom stereocenters. The number of hydrogen-bond acceptors (Lipinski definition) is 3. The van der Waals surface area contributed by atoms with Crippen molar-refractivity contribution in [3.8, 4) is 16.9 Å². The molecule has 0 fully saturated rings. The van der Waals surface area contributed by atoms with Gasteiger partial charge in [-0.05, 0) is 96.3 Å². The molecule has 174 valence electrons. The van der Waals surface area contributed by atoms with Gasteiger partial charge in [-0.25, -0.2) is 4.39 Å².